The second-order valence-corrected chi connectivity index (χ2v) is 4.33. The van der Waals surface area contributed by atoms with Gasteiger partial charge in [-0.05, 0) is 24.3 Å². The van der Waals surface area contributed by atoms with Crippen molar-refractivity contribution in [3.63, 3.8) is 0 Å². The van der Waals surface area contributed by atoms with Crippen molar-refractivity contribution < 1.29 is 14.3 Å². The summed E-state index contributed by atoms with van der Waals surface area (Å²) in [5.41, 5.74) is 1.20. The third kappa shape index (κ3) is 4.35. The van der Waals surface area contributed by atoms with E-state index < -0.39 is 6.03 Å². The summed E-state index contributed by atoms with van der Waals surface area (Å²) < 4.78 is 5.03. The van der Waals surface area contributed by atoms with Crippen molar-refractivity contribution in [1.29, 1.82) is 0 Å². The molecule has 2 aromatic rings. The molecular weight excluding hydrogens is 268 g/mol. The predicted molar refractivity (Wildman–Crippen MR) is 80.8 cm³/mol. The Bertz CT molecular complexity index is 609. The zero-order chi connectivity index (χ0) is 15.1. The fourth-order valence-electron chi connectivity index (χ4n) is 1.74. The van der Waals surface area contributed by atoms with Crippen molar-refractivity contribution in [3.8, 4) is 5.75 Å². The average molecular weight is 284 g/mol. The molecule has 0 aliphatic rings. The van der Waals surface area contributed by atoms with Crippen LogP contribution in [0.4, 0.5) is 10.5 Å². The highest BCUT2D eigenvalue weighted by atomic mass is 16.5. The molecule has 0 bridgehead atoms. The molecule has 0 spiro atoms. The number of hydrogen-bond donors (Lipinski definition) is 2. The van der Waals surface area contributed by atoms with Crippen molar-refractivity contribution >= 4 is 17.5 Å². The van der Waals surface area contributed by atoms with Crippen LogP contribution in [-0.2, 0) is 0 Å². The van der Waals surface area contributed by atoms with E-state index in [4.69, 9.17) is 4.74 Å². The molecule has 2 aromatic carbocycles. The average Bonchev–Trinajstić information content (AvgIpc) is 2.54. The van der Waals surface area contributed by atoms with Crippen LogP contribution in [0.3, 0.4) is 0 Å². The van der Waals surface area contributed by atoms with Gasteiger partial charge in [-0.25, -0.2) is 4.79 Å². The molecule has 2 rings (SSSR count). The maximum absolute atomic E-state index is 11.8. The van der Waals surface area contributed by atoms with Crippen molar-refractivity contribution in [3.05, 3.63) is 60.2 Å². The molecule has 0 aliphatic carbocycles. The number of carbonyl (C=O) groups is 2. The largest absolute Gasteiger partial charge is 0.497 e. The Morgan fingerprint density at radius 3 is 2.29 bits per heavy atom. The van der Waals surface area contributed by atoms with Gasteiger partial charge in [0.2, 0.25) is 0 Å². The van der Waals surface area contributed by atoms with Crippen LogP contribution in [0.5, 0.6) is 5.75 Å². The Kier molecular flexibility index (Phi) is 4.93. The number of urea groups is 1. The van der Waals surface area contributed by atoms with Gasteiger partial charge in [-0.2, -0.15) is 0 Å². The third-order valence-corrected chi connectivity index (χ3v) is 2.85. The summed E-state index contributed by atoms with van der Waals surface area (Å²) in [5, 5.41) is 5.17. The number of Topliss-reactive ketones (excluding diaryl/α,β-unsaturated/α-hetero) is 1. The molecule has 5 nitrogen and oxygen atoms in total. The van der Waals surface area contributed by atoms with Gasteiger partial charge in [-0.3, -0.25) is 4.79 Å². The number of nitrogens with one attached hydrogen (secondary N) is 2. The minimum atomic E-state index is -0.426. The van der Waals surface area contributed by atoms with E-state index in [1.165, 1.54) is 0 Å². The molecule has 0 fully saturated rings. The molecule has 5 heteroatoms. The van der Waals surface area contributed by atoms with Gasteiger partial charge >= 0.3 is 6.03 Å². The fraction of sp³-hybridized carbons (Fsp3) is 0.125. The lowest BCUT2D eigenvalue weighted by molar-refractivity contribution is 0.0993. The molecular formula is C16H16N2O3. The van der Waals surface area contributed by atoms with Crippen molar-refractivity contribution in [2.45, 2.75) is 0 Å². The maximum atomic E-state index is 11.8. The molecule has 0 heterocycles. The molecule has 0 saturated heterocycles. The number of hydrogen-bond acceptors (Lipinski definition) is 3. The monoisotopic (exact) mass is 284 g/mol. The Balaban J connectivity index is 1.83. The fourth-order valence-corrected chi connectivity index (χ4v) is 1.74. The number of amides is 2. The first-order valence-electron chi connectivity index (χ1n) is 6.46. The third-order valence-electron chi connectivity index (χ3n) is 2.85. The van der Waals surface area contributed by atoms with Gasteiger partial charge in [-0.1, -0.05) is 30.3 Å². The van der Waals surface area contributed by atoms with Crippen LogP contribution in [0, 0.1) is 0 Å². The molecule has 2 N–H and O–H groups in total. The van der Waals surface area contributed by atoms with E-state index in [0.717, 1.165) is 0 Å². The van der Waals surface area contributed by atoms with Crippen LogP contribution in [0.15, 0.2) is 54.6 Å². The maximum Gasteiger partial charge on any atom is 0.319 e. The summed E-state index contributed by atoms with van der Waals surface area (Å²) in [7, 11) is 1.57. The predicted octanol–water partition coefficient (Wildman–Crippen LogP) is 2.70. The van der Waals surface area contributed by atoms with Gasteiger partial charge in [0, 0.05) is 11.3 Å². The van der Waals surface area contributed by atoms with Crippen molar-refractivity contribution in [2.75, 3.05) is 19.0 Å². The number of ketones is 1. The Hall–Kier alpha value is -2.82. The number of benzene rings is 2. The van der Waals surface area contributed by atoms with E-state index >= 15 is 0 Å². The highest BCUT2D eigenvalue weighted by Crippen LogP contribution is 2.14. The van der Waals surface area contributed by atoms with E-state index in [0.29, 0.717) is 17.0 Å². The SMILES string of the molecule is COc1ccc(NC(=O)NCC(=O)c2ccccc2)cc1. The van der Waals surface area contributed by atoms with Gasteiger partial charge < -0.3 is 15.4 Å². The van der Waals surface area contributed by atoms with Crippen LogP contribution in [0.25, 0.3) is 0 Å². The van der Waals surface area contributed by atoms with Crippen LogP contribution in [-0.4, -0.2) is 25.5 Å². The van der Waals surface area contributed by atoms with Gasteiger partial charge in [0.25, 0.3) is 0 Å². The second kappa shape index (κ2) is 7.09. The molecule has 108 valence electrons. The van der Waals surface area contributed by atoms with Crippen LogP contribution in [0.2, 0.25) is 0 Å². The smallest absolute Gasteiger partial charge is 0.319 e. The van der Waals surface area contributed by atoms with Gasteiger partial charge in [-0.15, -0.1) is 0 Å². The highest BCUT2D eigenvalue weighted by molar-refractivity contribution is 6.00. The first kappa shape index (κ1) is 14.6. The van der Waals surface area contributed by atoms with Gasteiger partial charge in [0.15, 0.2) is 5.78 Å². The van der Waals surface area contributed by atoms with Gasteiger partial charge in [0.05, 0.1) is 13.7 Å². The standard InChI is InChI=1S/C16H16N2O3/c1-21-14-9-7-13(8-10-14)18-16(20)17-11-15(19)12-5-3-2-4-6-12/h2-10H,11H2,1H3,(H2,17,18,20). The highest BCUT2D eigenvalue weighted by Gasteiger charge is 2.07. The lowest BCUT2D eigenvalue weighted by Gasteiger charge is -2.08. The molecule has 0 atom stereocenters. The molecule has 0 aliphatic heterocycles. The minimum Gasteiger partial charge on any atom is -0.497 e. The Labute approximate surface area is 122 Å². The van der Waals surface area contributed by atoms with E-state index in [9.17, 15) is 9.59 Å². The van der Waals surface area contributed by atoms with E-state index in [1.807, 2.05) is 6.07 Å². The van der Waals surface area contributed by atoms with Crippen LogP contribution < -0.4 is 15.4 Å². The van der Waals surface area contributed by atoms with E-state index in [2.05, 4.69) is 10.6 Å². The molecule has 2 amide bonds. The van der Waals surface area contributed by atoms with Crippen LogP contribution in [0.1, 0.15) is 10.4 Å². The van der Waals surface area contributed by atoms with Crippen molar-refractivity contribution in [2.24, 2.45) is 0 Å². The summed E-state index contributed by atoms with van der Waals surface area (Å²) in [4.78, 5) is 23.5. The lowest BCUT2D eigenvalue weighted by Crippen LogP contribution is -2.33. The summed E-state index contributed by atoms with van der Waals surface area (Å²) in [6.45, 7) is -0.0496. The van der Waals surface area contributed by atoms with E-state index in [1.54, 1.807) is 55.6 Å². The first-order chi connectivity index (χ1) is 10.2. The number of methoxy groups -OCH3 is 1. The molecule has 0 aromatic heterocycles. The molecule has 0 radical (unpaired) electrons. The minimum absolute atomic E-state index is 0.0496. The van der Waals surface area contributed by atoms with Crippen LogP contribution >= 0.6 is 0 Å². The summed E-state index contributed by atoms with van der Waals surface area (Å²) in [6.07, 6.45) is 0. The normalized spacial score (nSPS) is 9.76. The molecule has 0 saturated carbocycles. The molecule has 0 unspecified atom stereocenters. The van der Waals surface area contributed by atoms with E-state index in [-0.39, 0.29) is 12.3 Å². The van der Waals surface area contributed by atoms with Crippen molar-refractivity contribution in [1.82, 2.24) is 5.32 Å². The quantitative estimate of drug-likeness (QED) is 0.829. The summed E-state index contributed by atoms with van der Waals surface area (Å²) in [6, 6.07) is 15.3. The number of ether oxygens (including phenoxy) is 1. The van der Waals surface area contributed by atoms with Gasteiger partial charge in [0.1, 0.15) is 5.75 Å². The number of rotatable bonds is 5. The number of carbonyl (C=O) groups excluding carboxylic acids is 2. The topological polar surface area (TPSA) is 67.4 Å². The summed E-state index contributed by atoms with van der Waals surface area (Å²) >= 11 is 0. The summed E-state index contributed by atoms with van der Waals surface area (Å²) in [5.74, 6) is 0.570. The lowest BCUT2D eigenvalue weighted by atomic mass is 10.1. The number of anilines is 1. The zero-order valence-electron chi connectivity index (χ0n) is 11.6. The zero-order valence-corrected chi connectivity index (χ0v) is 11.6. The first-order valence-corrected chi connectivity index (χ1v) is 6.46. The second-order valence-electron chi connectivity index (χ2n) is 4.33. The molecule has 21 heavy (non-hydrogen) atoms. The Morgan fingerprint density at radius 2 is 1.67 bits per heavy atom. The Morgan fingerprint density at radius 1 is 1.00 bits per heavy atom.